The molecule has 2 aliphatic rings. The molecule has 0 aromatic carbocycles. The number of allylic oxidation sites excluding steroid dienone is 2. The van der Waals surface area contributed by atoms with Crippen LogP contribution in [0.4, 0.5) is 15.8 Å². The molecular formula is C19H22FN5O2. The van der Waals surface area contributed by atoms with E-state index >= 15 is 0 Å². The van der Waals surface area contributed by atoms with Gasteiger partial charge >= 0.3 is 5.97 Å². The maximum Gasteiger partial charge on any atom is 0.333 e. The Labute approximate surface area is 156 Å². The van der Waals surface area contributed by atoms with Crippen LogP contribution in [0.5, 0.6) is 0 Å². The highest BCUT2D eigenvalue weighted by Gasteiger charge is 2.31. The number of aliphatic carboxylic acids is 1. The minimum atomic E-state index is -0.969. The molecule has 4 N–H and O–H groups in total. The quantitative estimate of drug-likeness (QED) is 0.766. The molecule has 0 amide bonds. The second kappa shape index (κ2) is 6.38. The Hall–Kier alpha value is -2.87. The molecule has 0 radical (unpaired) electrons. The summed E-state index contributed by atoms with van der Waals surface area (Å²) in [5.74, 6) is -1.38. The van der Waals surface area contributed by atoms with Gasteiger partial charge in [0.1, 0.15) is 5.65 Å². The number of pyridine rings is 1. The van der Waals surface area contributed by atoms with Crippen molar-refractivity contribution in [2.45, 2.75) is 25.3 Å². The predicted molar refractivity (Wildman–Crippen MR) is 102 cm³/mol. The summed E-state index contributed by atoms with van der Waals surface area (Å²) in [6, 6.07) is 0. The molecule has 1 atom stereocenters. The van der Waals surface area contributed by atoms with Crippen LogP contribution in [-0.2, 0) is 4.79 Å². The molecule has 8 heteroatoms. The first-order valence-corrected chi connectivity index (χ1v) is 8.92. The fourth-order valence-electron chi connectivity index (χ4n) is 3.89. The molecule has 2 aromatic heterocycles. The molecule has 1 fully saturated rings. The van der Waals surface area contributed by atoms with E-state index in [0.29, 0.717) is 35.5 Å². The van der Waals surface area contributed by atoms with Crippen LogP contribution in [0.3, 0.4) is 0 Å². The SMILES string of the molecule is CC1(N)CCCN(c2c(F)cnc3[nH]cc(N4C=CC=C(C(=O)O)C4)c23)C1. The third-order valence-electron chi connectivity index (χ3n) is 5.14. The zero-order chi connectivity index (χ0) is 19.2. The highest BCUT2D eigenvalue weighted by molar-refractivity contribution is 6.02. The van der Waals surface area contributed by atoms with Gasteiger partial charge in [0.25, 0.3) is 0 Å². The lowest BCUT2D eigenvalue weighted by Gasteiger charge is -2.39. The van der Waals surface area contributed by atoms with E-state index in [-0.39, 0.29) is 17.7 Å². The van der Waals surface area contributed by atoms with Gasteiger partial charge in [0.2, 0.25) is 0 Å². The van der Waals surface area contributed by atoms with Crippen molar-refractivity contribution < 1.29 is 14.3 Å². The second-order valence-electron chi connectivity index (χ2n) is 7.50. The number of nitrogens with two attached hydrogens (primary N) is 1. The molecule has 27 heavy (non-hydrogen) atoms. The Morgan fingerprint density at radius 3 is 3.04 bits per heavy atom. The van der Waals surface area contributed by atoms with E-state index in [4.69, 9.17) is 5.73 Å². The lowest BCUT2D eigenvalue weighted by atomic mass is 9.92. The van der Waals surface area contributed by atoms with Crippen LogP contribution in [0.2, 0.25) is 0 Å². The number of carboxylic acids is 1. The molecule has 0 saturated carbocycles. The van der Waals surface area contributed by atoms with Crippen LogP contribution in [0.15, 0.2) is 36.3 Å². The van der Waals surface area contributed by atoms with Gasteiger partial charge in [-0.2, -0.15) is 0 Å². The summed E-state index contributed by atoms with van der Waals surface area (Å²) in [5.41, 5.74) is 7.93. The third-order valence-corrected chi connectivity index (χ3v) is 5.14. The van der Waals surface area contributed by atoms with E-state index in [1.165, 1.54) is 6.20 Å². The molecule has 4 heterocycles. The molecule has 142 valence electrons. The number of H-pyrrole nitrogens is 1. The van der Waals surface area contributed by atoms with E-state index in [1.807, 2.05) is 11.8 Å². The van der Waals surface area contributed by atoms with E-state index in [0.717, 1.165) is 12.8 Å². The topological polar surface area (TPSA) is 98.5 Å². The largest absolute Gasteiger partial charge is 0.478 e. The number of anilines is 2. The minimum absolute atomic E-state index is 0.198. The number of aromatic nitrogens is 2. The van der Waals surface area contributed by atoms with Crippen LogP contribution in [-0.4, -0.2) is 46.2 Å². The lowest BCUT2D eigenvalue weighted by Crippen LogP contribution is -2.52. The summed E-state index contributed by atoms with van der Waals surface area (Å²) in [7, 11) is 0. The molecule has 7 nitrogen and oxygen atoms in total. The molecule has 0 bridgehead atoms. The molecule has 1 saturated heterocycles. The van der Waals surface area contributed by atoms with Crippen molar-refractivity contribution in [3.05, 3.63) is 42.1 Å². The predicted octanol–water partition coefficient (Wildman–Crippen LogP) is 2.36. The number of carbonyl (C=O) groups is 1. The van der Waals surface area contributed by atoms with Gasteiger partial charge < -0.3 is 25.6 Å². The van der Waals surface area contributed by atoms with Crippen molar-refractivity contribution in [3.8, 4) is 0 Å². The van der Waals surface area contributed by atoms with Crippen LogP contribution >= 0.6 is 0 Å². The molecule has 2 aliphatic heterocycles. The van der Waals surface area contributed by atoms with E-state index in [2.05, 4.69) is 9.97 Å². The Bertz CT molecular complexity index is 962. The van der Waals surface area contributed by atoms with E-state index in [1.54, 1.807) is 29.4 Å². The van der Waals surface area contributed by atoms with Crippen molar-refractivity contribution in [2.75, 3.05) is 29.4 Å². The average molecular weight is 371 g/mol. The molecule has 0 aliphatic carbocycles. The molecule has 2 aromatic rings. The van der Waals surface area contributed by atoms with Gasteiger partial charge in [-0.3, -0.25) is 0 Å². The number of halogens is 1. The number of nitrogens with one attached hydrogen (secondary N) is 1. The van der Waals surface area contributed by atoms with Crippen LogP contribution in [0, 0.1) is 5.82 Å². The van der Waals surface area contributed by atoms with Gasteiger partial charge in [-0.1, -0.05) is 0 Å². The maximum atomic E-state index is 14.9. The molecule has 0 spiro atoms. The molecular weight excluding hydrogens is 349 g/mol. The van der Waals surface area contributed by atoms with E-state index in [9.17, 15) is 14.3 Å². The highest BCUT2D eigenvalue weighted by Crippen LogP contribution is 2.38. The first kappa shape index (κ1) is 17.5. The molecule has 1 unspecified atom stereocenters. The number of fused-ring (bicyclic) bond motifs is 1. The summed E-state index contributed by atoms with van der Waals surface area (Å²) in [6.07, 6.45) is 9.75. The van der Waals surface area contributed by atoms with Gasteiger partial charge in [-0.05, 0) is 31.9 Å². The monoisotopic (exact) mass is 371 g/mol. The lowest BCUT2D eigenvalue weighted by molar-refractivity contribution is -0.132. The standard InChI is InChI=1S/C19H22FN5O2/c1-19(21)5-3-7-25(11-19)16-13(20)8-22-17-15(16)14(9-23-17)24-6-2-4-12(10-24)18(26)27/h2,4,6,8-9H,3,5,7,10-11,21H2,1H3,(H,22,23)(H,26,27). The number of piperidine rings is 1. The van der Waals surface area contributed by atoms with Crippen molar-refractivity contribution in [1.29, 1.82) is 0 Å². The summed E-state index contributed by atoms with van der Waals surface area (Å²) in [6.45, 7) is 3.43. The Morgan fingerprint density at radius 1 is 1.48 bits per heavy atom. The summed E-state index contributed by atoms with van der Waals surface area (Å²) in [4.78, 5) is 22.4. The van der Waals surface area contributed by atoms with Crippen LogP contribution in [0.1, 0.15) is 19.8 Å². The van der Waals surface area contributed by atoms with Crippen molar-refractivity contribution in [3.63, 3.8) is 0 Å². The third kappa shape index (κ3) is 3.16. The first-order valence-electron chi connectivity index (χ1n) is 8.92. The number of aromatic amines is 1. The van der Waals surface area contributed by atoms with Crippen molar-refractivity contribution in [2.24, 2.45) is 5.73 Å². The smallest absolute Gasteiger partial charge is 0.333 e. The normalized spacial score (nSPS) is 23.0. The Kier molecular flexibility index (Phi) is 4.15. The van der Waals surface area contributed by atoms with Gasteiger partial charge in [-0.15, -0.1) is 0 Å². The first-order chi connectivity index (χ1) is 12.9. The number of nitrogens with zero attached hydrogens (tertiary/aromatic N) is 3. The highest BCUT2D eigenvalue weighted by atomic mass is 19.1. The van der Waals surface area contributed by atoms with Crippen molar-refractivity contribution >= 4 is 28.4 Å². The second-order valence-corrected chi connectivity index (χ2v) is 7.50. The summed E-state index contributed by atoms with van der Waals surface area (Å²) >= 11 is 0. The average Bonchev–Trinajstić information content (AvgIpc) is 3.04. The number of hydrogen-bond acceptors (Lipinski definition) is 5. The Morgan fingerprint density at radius 2 is 2.30 bits per heavy atom. The number of carboxylic acid groups (broad SMARTS) is 1. The number of hydrogen-bond donors (Lipinski definition) is 3. The molecule has 4 rings (SSSR count). The fourth-order valence-corrected chi connectivity index (χ4v) is 3.89. The van der Waals surface area contributed by atoms with Gasteiger partial charge in [0.15, 0.2) is 5.82 Å². The Balaban J connectivity index is 1.80. The minimum Gasteiger partial charge on any atom is -0.478 e. The summed E-state index contributed by atoms with van der Waals surface area (Å²) in [5, 5.41) is 9.94. The van der Waals surface area contributed by atoms with Gasteiger partial charge in [-0.25, -0.2) is 14.2 Å². The number of rotatable bonds is 3. The maximum absolute atomic E-state index is 14.9. The van der Waals surface area contributed by atoms with Gasteiger partial charge in [0, 0.05) is 31.0 Å². The van der Waals surface area contributed by atoms with Crippen molar-refractivity contribution in [1.82, 2.24) is 9.97 Å². The van der Waals surface area contributed by atoms with Crippen LogP contribution < -0.4 is 15.5 Å². The summed E-state index contributed by atoms with van der Waals surface area (Å²) < 4.78 is 14.9. The van der Waals surface area contributed by atoms with Gasteiger partial charge in [0.05, 0.1) is 35.1 Å². The fraction of sp³-hybridized carbons (Fsp3) is 0.368. The van der Waals surface area contributed by atoms with E-state index < -0.39 is 11.8 Å². The zero-order valence-corrected chi connectivity index (χ0v) is 15.1. The zero-order valence-electron chi connectivity index (χ0n) is 15.1. The van der Waals surface area contributed by atoms with Crippen LogP contribution in [0.25, 0.3) is 11.0 Å².